The Kier molecular flexibility index (Phi) is 6.75. The van der Waals surface area contributed by atoms with Crippen LogP contribution in [0.3, 0.4) is 0 Å². The Balaban J connectivity index is 1.73. The van der Waals surface area contributed by atoms with Gasteiger partial charge in [-0.3, -0.25) is 9.59 Å². The quantitative estimate of drug-likeness (QED) is 0.590. The monoisotopic (exact) mass is 436 g/mol. The summed E-state index contributed by atoms with van der Waals surface area (Å²) in [6, 6.07) is 14.4. The van der Waals surface area contributed by atoms with Crippen LogP contribution in [0, 0.1) is 0 Å². The van der Waals surface area contributed by atoms with Crippen LogP contribution in [0.1, 0.15) is 25.8 Å². The van der Waals surface area contributed by atoms with Gasteiger partial charge in [-0.25, -0.2) is 4.90 Å². The fourth-order valence-electron chi connectivity index (χ4n) is 3.91. The van der Waals surface area contributed by atoms with Gasteiger partial charge in [0.15, 0.2) is 0 Å². The summed E-state index contributed by atoms with van der Waals surface area (Å²) < 4.78 is 16.7. The molecule has 0 N–H and O–H groups in total. The molecule has 4 rings (SSSR count). The van der Waals surface area contributed by atoms with E-state index in [0.717, 1.165) is 12.2 Å². The van der Waals surface area contributed by atoms with Crippen molar-refractivity contribution in [2.45, 2.75) is 20.3 Å². The average molecular weight is 437 g/mol. The van der Waals surface area contributed by atoms with Crippen molar-refractivity contribution in [3.63, 3.8) is 0 Å². The third-order valence-electron chi connectivity index (χ3n) is 5.39. The number of imide groups is 1. The van der Waals surface area contributed by atoms with Crippen molar-refractivity contribution >= 4 is 23.1 Å². The number of amides is 2. The highest BCUT2D eigenvalue weighted by atomic mass is 16.5. The molecule has 0 atom stereocenters. The van der Waals surface area contributed by atoms with Gasteiger partial charge >= 0.3 is 0 Å². The maximum Gasteiger partial charge on any atom is 0.282 e. The Labute approximate surface area is 188 Å². The summed E-state index contributed by atoms with van der Waals surface area (Å²) in [6.45, 7) is 7.22. The minimum atomic E-state index is -0.340. The van der Waals surface area contributed by atoms with E-state index in [1.165, 1.54) is 4.90 Å². The molecule has 2 aliphatic heterocycles. The van der Waals surface area contributed by atoms with Crippen LogP contribution < -0.4 is 14.4 Å². The lowest BCUT2D eigenvalue weighted by atomic mass is 10.0. The second kappa shape index (κ2) is 9.87. The summed E-state index contributed by atoms with van der Waals surface area (Å²) in [5, 5.41) is 0. The van der Waals surface area contributed by atoms with Crippen LogP contribution in [0.15, 0.2) is 54.2 Å². The average Bonchev–Trinajstić information content (AvgIpc) is 3.09. The molecule has 2 heterocycles. The van der Waals surface area contributed by atoms with Gasteiger partial charge in [-0.2, -0.15) is 0 Å². The van der Waals surface area contributed by atoms with Gasteiger partial charge in [-0.15, -0.1) is 0 Å². The first-order valence-corrected chi connectivity index (χ1v) is 11.1. The molecular weight excluding hydrogens is 408 g/mol. The molecule has 1 fully saturated rings. The molecule has 32 heavy (non-hydrogen) atoms. The van der Waals surface area contributed by atoms with Gasteiger partial charge in [0.1, 0.15) is 17.2 Å². The van der Waals surface area contributed by atoms with Crippen molar-refractivity contribution < 1.29 is 23.8 Å². The fraction of sp³-hybridized carbons (Fsp3) is 0.360. The first kappa shape index (κ1) is 21.9. The number of anilines is 1. The van der Waals surface area contributed by atoms with Crippen LogP contribution >= 0.6 is 0 Å². The molecule has 0 saturated carbocycles. The largest absolute Gasteiger partial charge is 0.494 e. The highest BCUT2D eigenvalue weighted by molar-refractivity contribution is 6.45. The number of carbonyl (C=O) groups is 2. The van der Waals surface area contributed by atoms with Crippen molar-refractivity contribution in [2.75, 3.05) is 44.4 Å². The van der Waals surface area contributed by atoms with Gasteiger partial charge < -0.3 is 19.1 Å². The summed E-state index contributed by atoms with van der Waals surface area (Å²) in [5.41, 5.74) is 2.01. The Morgan fingerprint density at radius 3 is 2.34 bits per heavy atom. The van der Waals surface area contributed by atoms with E-state index >= 15 is 0 Å². The molecule has 2 aliphatic rings. The molecule has 2 amide bonds. The normalized spacial score (nSPS) is 16.7. The lowest BCUT2D eigenvalue weighted by Crippen LogP contribution is -2.40. The van der Waals surface area contributed by atoms with E-state index in [4.69, 9.17) is 14.2 Å². The minimum Gasteiger partial charge on any atom is -0.494 e. The molecule has 7 heteroatoms. The van der Waals surface area contributed by atoms with Gasteiger partial charge in [-0.05, 0) is 43.2 Å². The van der Waals surface area contributed by atoms with Crippen LogP contribution in [0.5, 0.6) is 11.5 Å². The van der Waals surface area contributed by atoms with E-state index in [1.54, 1.807) is 18.2 Å². The van der Waals surface area contributed by atoms with Crippen LogP contribution in [0.4, 0.5) is 5.69 Å². The summed E-state index contributed by atoms with van der Waals surface area (Å²) in [6.07, 6.45) is 0.871. The lowest BCUT2D eigenvalue weighted by molar-refractivity contribution is -0.121. The number of ether oxygens (including phenoxy) is 3. The van der Waals surface area contributed by atoms with Crippen molar-refractivity contribution in [3.05, 3.63) is 59.8 Å². The van der Waals surface area contributed by atoms with Crippen LogP contribution in [0.25, 0.3) is 5.57 Å². The third kappa shape index (κ3) is 4.34. The highest BCUT2D eigenvalue weighted by Crippen LogP contribution is 2.36. The van der Waals surface area contributed by atoms with Crippen LogP contribution in [-0.2, 0) is 14.3 Å². The predicted molar refractivity (Wildman–Crippen MR) is 122 cm³/mol. The SMILES string of the molecule is CCCOc1cccc(N2C(=O)C(c3ccc(OCC)cc3)=C(N3CCOCC3)C2=O)c1. The Morgan fingerprint density at radius 1 is 0.906 bits per heavy atom. The van der Waals surface area contributed by atoms with Crippen molar-refractivity contribution in [1.29, 1.82) is 0 Å². The van der Waals surface area contributed by atoms with Gasteiger partial charge in [0.2, 0.25) is 0 Å². The molecule has 0 radical (unpaired) electrons. The van der Waals surface area contributed by atoms with Crippen molar-refractivity contribution in [3.8, 4) is 11.5 Å². The number of benzene rings is 2. The molecule has 168 valence electrons. The minimum absolute atomic E-state index is 0.326. The number of hydrogen-bond donors (Lipinski definition) is 0. The van der Waals surface area contributed by atoms with Crippen LogP contribution in [0.2, 0.25) is 0 Å². The van der Waals surface area contributed by atoms with Gasteiger partial charge in [0.25, 0.3) is 11.8 Å². The van der Waals surface area contributed by atoms with E-state index in [2.05, 4.69) is 0 Å². The topological polar surface area (TPSA) is 68.3 Å². The van der Waals surface area contributed by atoms with E-state index < -0.39 is 0 Å². The van der Waals surface area contributed by atoms with Gasteiger partial charge in [0.05, 0.1) is 37.7 Å². The van der Waals surface area contributed by atoms with Crippen LogP contribution in [-0.4, -0.2) is 56.2 Å². The number of morpholine rings is 1. The smallest absolute Gasteiger partial charge is 0.282 e. The van der Waals surface area contributed by atoms with Crippen molar-refractivity contribution in [2.24, 2.45) is 0 Å². The predicted octanol–water partition coefficient (Wildman–Crippen LogP) is 3.49. The molecule has 0 aromatic heterocycles. The molecule has 7 nitrogen and oxygen atoms in total. The van der Waals surface area contributed by atoms with Gasteiger partial charge in [0, 0.05) is 19.2 Å². The number of carbonyl (C=O) groups excluding carboxylic acids is 2. The molecular formula is C25H28N2O5. The summed E-state index contributed by atoms with van der Waals surface area (Å²) in [5.74, 6) is 0.688. The Hall–Kier alpha value is -3.32. The molecule has 0 spiro atoms. The molecule has 2 aromatic carbocycles. The zero-order valence-electron chi connectivity index (χ0n) is 18.5. The highest BCUT2D eigenvalue weighted by Gasteiger charge is 2.42. The van der Waals surface area contributed by atoms with E-state index in [0.29, 0.717) is 67.8 Å². The first-order valence-electron chi connectivity index (χ1n) is 11.1. The summed E-state index contributed by atoms with van der Waals surface area (Å²) in [7, 11) is 0. The molecule has 2 aromatic rings. The third-order valence-corrected chi connectivity index (χ3v) is 5.39. The van der Waals surface area contributed by atoms with Gasteiger partial charge in [-0.1, -0.05) is 25.1 Å². The first-order chi connectivity index (χ1) is 15.6. The lowest BCUT2D eigenvalue weighted by Gasteiger charge is -2.29. The molecule has 1 saturated heterocycles. The Bertz CT molecular complexity index is 1010. The number of rotatable bonds is 8. The second-order valence-electron chi connectivity index (χ2n) is 7.57. The second-order valence-corrected chi connectivity index (χ2v) is 7.57. The molecule has 0 aliphatic carbocycles. The zero-order valence-corrected chi connectivity index (χ0v) is 18.5. The van der Waals surface area contributed by atoms with E-state index in [-0.39, 0.29) is 11.8 Å². The maximum absolute atomic E-state index is 13.6. The van der Waals surface area contributed by atoms with E-state index in [9.17, 15) is 9.59 Å². The number of nitrogens with zero attached hydrogens (tertiary/aromatic N) is 2. The molecule has 0 unspecified atom stereocenters. The van der Waals surface area contributed by atoms with Crippen molar-refractivity contribution in [1.82, 2.24) is 4.90 Å². The Morgan fingerprint density at radius 2 is 1.66 bits per heavy atom. The maximum atomic E-state index is 13.6. The summed E-state index contributed by atoms with van der Waals surface area (Å²) >= 11 is 0. The molecule has 0 bridgehead atoms. The fourth-order valence-corrected chi connectivity index (χ4v) is 3.91. The summed E-state index contributed by atoms with van der Waals surface area (Å²) in [4.78, 5) is 30.4. The number of hydrogen-bond acceptors (Lipinski definition) is 6. The van der Waals surface area contributed by atoms with E-state index in [1.807, 2.05) is 49.1 Å². The zero-order chi connectivity index (χ0) is 22.5. The standard InChI is InChI=1S/C25H28N2O5/c1-3-14-32-21-7-5-6-19(17-21)27-24(28)22(18-8-10-20(11-9-18)31-4-2)23(25(27)29)26-12-15-30-16-13-26/h5-11,17H,3-4,12-16H2,1-2H3.